The van der Waals surface area contributed by atoms with E-state index in [4.69, 9.17) is 34.8 Å². The number of nitrogens with zero attached hydrogens (tertiary/aromatic N) is 1. The van der Waals surface area contributed by atoms with Gasteiger partial charge in [-0.1, -0.05) is 34.8 Å². The number of methoxy groups -OCH3 is 1. The van der Waals surface area contributed by atoms with E-state index in [9.17, 15) is 4.79 Å². The predicted molar refractivity (Wildman–Crippen MR) is 68.1 cm³/mol. The second-order valence-electron chi connectivity index (χ2n) is 3.24. The summed E-state index contributed by atoms with van der Waals surface area (Å²) in [6.07, 6.45) is 0. The van der Waals surface area contributed by atoms with E-state index < -0.39 is 5.97 Å². The summed E-state index contributed by atoms with van der Waals surface area (Å²) in [5.74, 6) is -0.579. The van der Waals surface area contributed by atoms with Crippen LogP contribution in [0, 0.1) is 0 Å². The third-order valence-corrected chi connectivity index (χ3v) is 3.32. The molecule has 2 aromatic rings. The van der Waals surface area contributed by atoms with Gasteiger partial charge in [0.25, 0.3) is 0 Å². The zero-order valence-corrected chi connectivity index (χ0v) is 10.9. The highest BCUT2D eigenvalue weighted by atomic mass is 35.5. The molecule has 2 rings (SSSR count). The van der Waals surface area contributed by atoms with Crippen LogP contribution in [-0.4, -0.2) is 18.1 Å². The fourth-order valence-corrected chi connectivity index (χ4v) is 2.02. The van der Waals surface area contributed by atoms with Gasteiger partial charge in [-0.05, 0) is 18.2 Å². The lowest BCUT2D eigenvalue weighted by atomic mass is 10.2. The third-order valence-electron chi connectivity index (χ3n) is 2.22. The van der Waals surface area contributed by atoms with E-state index in [0.29, 0.717) is 20.9 Å². The molecule has 0 amide bonds. The first kappa shape index (κ1) is 12.4. The predicted octanol–water partition coefficient (Wildman–Crippen LogP) is 3.98. The van der Waals surface area contributed by atoms with Crippen LogP contribution in [0.4, 0.5) is 0 Å². The number of pyridine rings is 1. The molecular formula is C11H6Cl3NO2. The number of fused-ring (bicyclic) bond motifs is 1. The van der Waals surface area contributed by atoms with Crippen molar-refractivity contribution in [2.75, 3.05) is 7.11 Å². The molecule has 0 saturated carbocycles. The molecule has 1 heterocycles. The van der Waals surface area contributed by atoms with Crippen LogP contribution in [0.25, 0.3) is 10.9 Å². The van der Waals surface area contributed by atoms with Crippen LogP contribution < -0.4 is 0 Å². The number of hydrogen-bond donors (Lipinski definition) is 0. The van der Waals surface area contributed by atoms with Gasteiger partial charge < -0.3 is 4.74 Å². The molecule has 0 atom stereocenters. The first-order chi connectivity index (χ1) is 8.04. The summed E-state index contributed by atoms with van der Waals surface area (Å²) >= 11 is 17.9. The molecule has 0 saturated heterocycles. The quantitative estimate of drug-likeness (QED) is 0.746. The molecule has 0 aliphatic heterocycles. The molecule has 1 aromatic heterocycles. The molecule has 0 aliphatic rings. The summed E-state index contributed by atoms with van der Waals surface area (Å²) in [7, 11) is 1.27. The van der Waals surface area contributed by atoms with Gasteiger partial charge in [0.05, 0.1) is 27.7 Å². The second kappa shape index (κ2) is 4.69. The lowest BCUT2D eigenvalue weighted by Gasteiger charge is -2.06. The Balaban J connectivity index is 2.79. The molecule has 0 N–H and O–H groups in total. The van der Waals surface area contributed by atoms with E-state index >= 15 is 0 Å². The Labute approximate surface area is 112 Å². The molecular weight excluding hydrogens is 284 g/mol. The van der Waals surface area contributed by atoms with E-state index in [1.54, 1.807) is 12.1 Å². The summed E-state index contributed by atoms with van der Waals surface area (Å²) in [4.78, 5) is 15.5. The van der Waals surface area contributed by atoms with Gasteiger partial charge >= 0.3 is 5.97 Å². The second-order valence-corrected chi connectivity index (χ2v) is 4.43. The van der Waals surface area contributed by atoms with Gasteiger partial charge in [0.15, 0.2) is 5.69 Å². The molecule has 1 aromatic carbocycles. The van der Waals surface area contributed by atoms with Crippen molar-refractivity contribution in [2.45, 2.75) is 0 Å². The van der Waals surface area contributed by atoms with E-state index in [0.717, 1.165) is 0 Å². The van der Waals surface area contributed by atoms with Crippen LogP contribution in [0.5, 0.6) is 0 Å². The molecule has 6 heteroatoms. The van der Waals surface area contributed by atoms with Crippen molar-refractivity contribution in [3.05, 3.63) is 39.0 Å². The van der Waals surface area contributed by atoms with Gasteiger partial charge in [-0.2, -0.15) is 0 Å². The van der Waals surface area contributed by atoms with Gasteiger partial charge in [-0.25, -0.2) is 9.78 Å². The smallest absolute Gasteiger partial charge is 0.356 e. The minimum Gasteiger partial charge on any atom is -0.464 e. The Morgan fingerprint density at radius 1 is 1.24 bits per heavy atom. The van der Waals surface area contributed by atoms with Crippen molar-refractivity contribution in [1.29, 1.82) is 0 Å². The van der Waals surface area contributed by atoms with Crippen molar-refractivity contribution in [3.63, 3.8) is 0 Å². The van der Waals surface area contributed by atoms with Crippen molar-refractivity contribution in [3.8, 4) is 0 Å². The van der Waals surface area contributed by atoms with Crippen LogP contribution in [0.3, 0.4) is 0 Å². The topological polar surface area (TPSA) is 39.2 Å². The minimum absolute atomic E-state index is 0.0918. The van der Waals surface area contributed by atoms with Gasteiger partial charge in [-0.3, -0.25) is 0 Å². The lowest BCUT2D eigenvalue weighted by Crippen LogP contribution is -2.04. The maximum absolute atomic E-state index is 11.4. The van der Waals surface area contributed by atoms with E-state index in [-0.39, 0.29) is 10.7 Å². The number of ether oxygens (including phenoxy) is 1. The number of carbonyl (C=O) groups excluding carboxylic acids is 1. The van der Waals surface area contributed by atoms with Crippen LogP contribution >= 0.6 is 34.8 Å². The fourth-order valence-electron chi connectivity index (χ4n) is 1.40. The molecule has 0 aliphatic carbocycles. The van der Waals surface area contributed by atoms with E-state index in [1.165, 1.54) is 13.2 Å². The average molecular weight is 291 g/mol. The summed E-state index contributed by atoms with van der Waals surface area (Å²) in [6, 6.07) is 4.75. The Morgan fingerprint density at radius 2 is 1.94 bits per heavy atom. The first-order valence-corrected chi connectivity index (χ1v) is 5.70. The van der Waals surface area contributed by atoms with Crippen molar-refractivity contribution in [2.24, 2.45) is 0 Å². The summed E-state index contributed by atoms with van der Waals surface area (Å²) < 4.78 is 4.57. The molecule has 0 radical (unpaired) electrons. The maximum Gasteiger partial charge on any atom is 0.356 e. The van der Waals surface area contributed by atoms with Gasteiger partial charge in [0.1, 0.15) is 0 Å². The van der Waals surface area contributed by atoms with E-state index in [1.807, 2.05) is 0 Å². The van der Waals surface area contributed by atoms with E-state index in [2.05, 4.69) is 9.72 Å². The van der Waals surface area contributed by atoms with Crippen molar-refractivity contribution < 1.29 is 9.53 Å². The number of benzene rings is 1. The number of carbonyl (C=O) groups is 1. The zero-order valence-electron chi connectivity index (χ0n) is 8.63. The van der Waals surface area contributed by atoms with Crippen molar-refractivity contribution >= 4 is 51.7 Å². The normalized spacial score (nSPS) is 10.6. The SMILES string of the molecule is COC(=O)c1cc(Cl)c2ccc(Cl)c(Cl)c2n1. The highest BCUT2D eigenvalue weighted by Crippen LogP contribution is 2.33. The summed E-state index contributed by atoms with van der Waals surface area (Å²) in [5, 5.41) is 1.62. The maximum atomic E-state index is 11.4. The highest BCUT2D eigenvalue weighted by molar-refractivity contribution is 6.46. The largest absolute Gasteiger partial charge is 0.464 e. The van der Waals surface area contributed by atoms with Crippen LogP contribution in [0.1, 0.15) is 10.5 Å². The summed E-state index contributed by atoms with van der Waals surface area (Å²) in [6.45, 7) is 0. The standard InChI is InChI=1S/C11H6Cl3NO2/c1-17-11(16)8-4-7(13)5-2-3-6(12)9(14)10(5)15-8/h2-4H,1H3. The molecule has 17 heavy (non-hydrogen) atoms. The Hall–Kier alpha value is -1.03. The lowest BCUT2D eigenvalue weighted by molar-refractivity contribution is 0.0594. The van der Waals surface area contributed by atoms with Gasteiger partial charge in [0.2, 0.25) is 0 Å². The molecule has 0 unspecified atom stereocenters. The molecule has 0 bridgehead atoms. The Kier molecular flexibility index (Phi) is 3.43. The summed E-state index contributed by atoms with van der Waals surface area (Å²) in [5.41, 5.74) is 0.473. The highest BCUT2D eigenvalue weighted by Gasteiger charge is 2.14. The Bertz CT molecular complexity index is 613. The number of halogens is 3. The van der Waals surface area contributed by atoms with Crippen LogP contribution in [-0.2, 0) is 4.74 Å². The molecule has 0 fully saturated rings. The number of esters is 1. The minimum atomic E-state index is -0.579. The van der Waals surface area contributed by atoms with Crippen molar-refractivity contribution in [1.82, 2.24) is 4.98 Å². The number of hydrogen-bond acceptors (Lipinski definition) is 3. The fraction of sp³-hybridized carbons (Fsp3) is 0.0909. The van der Waals surface area contributed by atoms with Crippen LogP contribution in [0.2, 0.25) is 15.1 Å². The average Bonchev–Trinajstić information content (AvgIpc) is 2.33. The van der Waals surface area contributed by atoms with Gasteiger partial charge in [-0.15, -0.1) is 0 Å². The zero-order chi connectivity index (χ0) is 12.6. The molecule has 0 spiro atoms. The number of rotatable bonds is 1. The molecule has 88 valence electrons. The van der Waals surface area contributed by atoms with Crippen LogP contribution in [0.15, 0.2) is 18.2 Å². The number of aromatic nitrogens is 1. The third kappa shape index (κ3) is 2.18. The first-order valence-electron chi connectivity index (χ1n) is 4.57. The monoisotopic (exact) mass is 289 g/mol. The van der Waals surface area contributed by atoms with Gasteiger partial charge in [0, 0.05) is 5.39 Å². The molecule has 3 nitrogen and oxygen atoms in total. The Morgan fingerprint density at radius 3 is 2.59 bits per heavy atom.